The average Bonchev–Trinajstić information content (AvgIpc) is 2.46. The van der Waals surface area contributed by atoms with Crippen molar-refractivity contribution >= 4 is 7.82 Å². The molecule has 0 aromatic carbocycles. The van der Waals surface area contributed by atoms with Crippen LogP contribution in [0.3, 0.4) is 0 Å². The Morgan fingerprint density at radius 1 is 0.750 bits per heavy atom. The predicted octanol–water partition coefficient (Wildman–Crippen LogP) is 3.23. The zero-order chi connectivity index (χ0) is 17.8. The van der Waals surface area contributed by atoms with Gasteiger partial charge in [-0.05, 0) is 12.8 Å². The first-order valence-electron chi connectivity index (χ1n) is 9.31. The molecule has 4 nitrogen and oxygen atoms in total. The molecule has 3 N–H and O–H groups in total. The van der Waals surface area contributed by atoms with Crippen molar-refractivity contribution in [2.45, 2.75) is 103 Å². The standard InChI is InChI=1S/C18H36.Na.H3O4P.H/c1-3-5-7-9-11-13-15-17-18-16-14-12-10-8-6-4-2;;1-5(2,3)4;/h3H,1,4-18H2,2H3;;(H3,1,2,3,4);/q;+1;;-1. The molecular weight excluding hydrogens is 334 g/mol. The third-order valence-electron chi connectivity index (χ3n) is 3.76. The minimum absolute atomic E-state index is 0. The van der Waals surface area contributed by atoms with E-state index in [0.717, 1.165) is 0 Å². The van der Waals surface area contributed by atoms with Crippen LogP contribution in [0.1, 0.15) is 105 Å². The molecule has 0 unspecified atom stereocenters. The number of hydrogen-bond donors (Lipinski definition) is 3. The van der Waals surface area contributed by atoms with Gasteiger partial charge in [-0.2, -0.15) is 0 Å². The molecular formula is C18H40NaO4P. The van der Waals surface area contributed by atoms with Crippen molar-refractivity contribution in [2.75, 3.05) is 0 Å². The molecule has 0 aromatic rings. The Bertz CT molecular complexity index is 280. The van der Waals surface area contributed by atoms with E-state index >= 15 is 0 Å². The second-order valence-electron chi connectivity index (χ2n) is 6.19. The van der Waals surface area contributed by atoms with Gasteiger partial charge >= 0.3 is 37.4 Å². The van der Waals surface area contributed by atoms with E-state index in [2.05, 4.69) is 13.5 Å². The van der Waals surface area contributed by atoms with E-state index in [1.54, 1.807) is 0 Å². The van der Waals surface area contributed by atoms with E-state index in [1.165, 1.54) is 96.3 Å². The Morgan fingerprint density at radius 2 is 1.00 bits per heavy atom. The summed E-state index contributed by atoms with van der Waals surface area (Å²) in [5.74, 6) is 0. The normalized spacial score (nSPS) is 10.5. The van der Waals surface area contributed by atoms with Crippen LogP contribution in [0.15, 0.2) is 12.7 Å². The van der Waals surface area contributed by atoms with E-state index < -0.39 is 7.82 Å². The Balaban J connectivity index is -0.000000276. The molecule has 0 rings (SSSR count). The monoisotopic (exact) mass is 374 g/mol. The quantitative estimate of drug-likeness (QED) is 0.178. The molecule has 0 fully saturated rings. The van der Waals surface area contributed by atoms with Gasteiger partial charge in [-0.1, -0.05) is 96.5 Å². The van der Waals surface area contributed by atoms with Crippen molar-refractivity contribution in [1.29, 1.82) is 0 Å². The van der Waals surface area contributed by atoms with Gasteiger partial charge in [0, 0.05) is 0 Å². The first-order chi connectivity index (χ1) is 10.9. The number of rotatable bonds is 15. The van der Waals surface area contributed by atoms with Crippen LogP contribution in [0.4, 0.5) is 0 Å². The minimum Gasteiger partial charge on any atom is -1.00 e. The maximum absolute atomic E-state index is 8.88. The molecule has 0 amide bonds. The summed E-state index contributed by atoms with van der Waals surface area (Å²) in [6.07, 6.45) is 23.5. The van der Waals surface area contributed by atoms with Crippen LogP contribution >= 0.6 is 7.82 Å². The zero-order valence-electron chi connectivity index (χ0n) is 17.1. The fourth-order valence-corrected chi connectivity index (χ4v) is 2.48. The van der Waals surface area contributed by atoms with Gasteiger partial charge in [-0.3, -0.25) is 0 Å². The molecule has 0 radical (unpaired) electrons. The summed E-state index contributed by atoms with van der Waals surface area (Å²) in [7, 11) is -4.64. The van der Waals surface area contributed by atoms with E-state index in [-0.39, 0.29) is 31.0 Å². The van der Waals surface area contributed by atoms with Gasteiger partial charge in [0.25, 0.3) is 0 Å². The summed E-state index contributed by atoms with van der Waals surface area (Å²) < 4.78 is 8.88. The van der Waals surface area contributed by atoms with Gasteiger partial charge < -0.3 is 16.1 Å². The smallest absolute Gasteiger partial charge is 1.00 e. The molecule has 24 heavy (non-hydrogen) atoms. The minimum atomic E-state index is -4.64. The van der Waals surface area contributed by atoms with E-state index in [9.17, 15) is 0 Å². The van der Waals surface area contributed by atoms with Crippen LogP contribution in [0.25, 0.3) is 0 Å². The second-order valence-corrected chi connectivity index (χ2v) is 7.21. The van der Waals surface area contributed by atoms with Crippen molar-refractivity contribution in [3.8, 4) is 0 Å². The SMILES string of the molecule is C=CCCCCCCCCCCCCCCCC.O=P(O)(O)O.[H-].[Na+]. The second kappa shape index (κ2) is 23.9. The maximum atomic E-state index is 8.88. The number of phosphoric acid groups is 1. The first kappa shape index (κ1) is 29.6. The molecule has 6 heteroatoms. The van der Waals surface area contributed by atoms with Crippen LogP contribution in [0.2, 0.25) is 0 Å². The number of allylic oxidation sites excluding steroid dienone is 1. The third kappa shape index (κ3) is 43.4. The molecule has 0 heterocycles. The zero-order valence-corrected chi connectivity index (χ0v) is 19.0. The summed E-state index contributed by atoms with van der Waals surface area (Å²) in [5.41, 5.74) is 0. The molecule has 0 bridgehead atoms. The topological polar surface area (TPSA) is 77.8 Å². The molecule has 142 valence electrons. The fraction of sp³-hybridized carbons (Fsp3) is 0.889. The molecule has 0 saturated heterocycles. The molecule has 0 spiro atoms. The van der Waals surface area contributed by atoms with Gasteiger partial charge in [0.1, 0.15) is 0 Å². The van der Waals surface area contributed by atoms with Crippen LogP contribution in [0.5, 0.6) is 0 Å². The Morgan fingerprint density at radius 3 is 1.25 bits per heavy atom. The van der Waals surface area contributed by atoms with Crippen molar-refractivity contribution in [1.82, 2.24) is 0 Å². The van der Waals surface area contributed by atoms with Crippen molar-refractivity contribution in [3.63, 3.8) is 0 Å². The predicted molar refractivity (Wildman–Crippen MR) is 101 cm³/mol. The summed E-state index contributed by atoms with van der Waals surface area (Å²) in [5, 5.41) is 0. The summed E-state index contributed by atoms with van der Waals surface area (Å²) >= 11 is 0. The fourth-order valence-electron chi connectivity index (χ4n) is 2.48. The molecule has 0 aromatic heterocycles. The van der Waals surface area contributed by atoms with Crippen LogP contribution in [-0.4, -0.2) is 14.7 Å². The molecule has 0 saturated carbocycles. The van der Waals surface area contributed by atoms with E-state index in [1.807, 2.05) is 6.08 Å². The van der Waals surface area contributed by atoms with Crippen molar-refractivity contribution in [2.24, 2.45) is 0 Å². The van der Waals surface area contributed by atoms with Gasteiger partial charge in [0.05, 0.1) is 0 Å². The van der Waals surface area contributed by atoms with E-state index in [4.69, 9.17) is 19.2 Å². The summed E-state index contributed by atoms with van der Waals surface area (Å²) in [6.45, 7) is 6.05. The third-order valence-corrected chi connectivity index (χ3v) is 3.76. The van der Waals surface area contributed by atoms with Gasteiger partial charge in [-0.25, -0.2) is 4.57 Å². The number of hydrogen-bond acceptors (Lipinski definition) is 1. The molecule has 0 atom stereocenters. The maximum Gasteiger partial charge on any atom is 1.00 e. The number of unbranched alkanes of at least 4 members (excludes halogenated alkanes) is 14. The van der Waals surface area contributed by atoms with E-state index in [0.29, 0.717) is 0 Å². The Labute approximate surface area is 173 Å². The van der Waals surface area contributed by atoms with Gasteiger partial charge in [0.15, 0.2) is 0 Å². The summed E-state index contributed by atoms with van der Waals surface area (Å²) in [6, 6.07) is 0. The molecule has 0 aliphatic rings. The van der Waals surface area contributed by atoms with Crippen LogP contribution in [-0.2, 0) is 4.57 Å². The van der Waals surface area contributed by atoms with Crippen LogP contribution in [0, 0.1) is 0 Å². The Kier molecular flexibility index (Phi) is 29.4. The summed E-state index contributed by atoms with van der Waals surface area (Å²) in [4.78, 5) is 21.6. The average molecular weight is 374 g/mol. The van der Waals surface area contributed by atoms with Gasteiger partial charge in [-0.15, -0.1) is 6.58 Å². The van der Waals surface area contributed by atoms with Gasteiger partial charge in [0.2, 0.25) is 0 Å². The van der Waals surface area contributed by atoms with Crippen molar-refractivity contribution in [3.05, 3.63) is 12.7 Å². The van der Waals surface area contributed by atoms with Crippen LogP contribution < -0.4 is 29.6 Å². The molecule has 0 aliphatic heterocycles. The first-order valence-corrected chi connectivity index (χ1v) is 10.9. The Hall–Kier alpha value is 0.850. The molecule has 0 aliphatic carbocycles. The van der Waals surface area contributed by atoms with Crippen molar-refractivity contribution < 1.29 is 50.2 Å². The largest absolute Gasteiger partial charge is 1.00 e.